The van der Waals surface area contributed by atoms with Crippen molar-refractivity contribution < 1.29 is 14.4 Å². The molecule has 106 valence electrons. The minimum Gasteiger partial charge on any atom is -0.398 e. The highest BCUT2D eigenvalue weighted by atomic mass is 79.9. The number of nitrogens with one attached hydrogen (secondary N) is 1. The van der Waals surface area contributed by atoms with E-state index in [2.05, 4.69) is 21.2 Å². The van der Waals surface area contributed by atoms with Crippen molar-refractivity contribution in [2.75, 3.05) is 12.8 Å². The molecular formula is C13H14BrN3O3. The largest absolute Gasteiger partial charge is 0.398 e. The van der Waals surface area contributed by atoms with Crippen LogP contribution < -0.4 is 11.1 Å². The van der Waals surface area contributed by atoms with Gasteiger partial charge in [0, 0.05) is 23.6 Å². The number of anilines is 1. The molecule has 7 heteroatoms. The summed E-state index contributed by atoms with van der Waals surface area (Å²) in [4.78, 5) is 36.4. The Morgan fingerprint density at radius 1 is 1.45 bits per heavy atom. The van der Waals surface area contributed by atoms with Crippen LogP contribution in [-0.4, -0.2) is 35.7 Å². The molecule has 0 aromatic heterocycles. The zero-order chi connectivity index (χ0) is 14.9. The summed E-state index contributed by atoms with van der Waals surface area (Å²) in [7, 11) is 1.41. The molecule has 3 N–H and O–H groups in total. The van der Waals surface area contributed by atoms with Crippen molar-refractivity contribution in [1.29, 1.82) is 0 Å². The molecule has 0 saturated carbocycles. The standard InChI is InChI=1S/C13H14BrN3O3/c1-17-11(18)5-4-10(13(17)20)16-12(19)8-3-2-7(14)6-9(8)15/h2-3,6,10H,4-5,15H2,1H3,(H,16,19). The van der Waals surface area contributed by atoms with Crippen molar-refractivity contribution in [3.05, 3.63) is 28.2 Å². The first-order chi connectivity index (χ1) is 9.40. The van der Waals surface area contributed by atoms with Crippen LogP contribution in [0, 0.1) is 0 Å². The van der Waals surface area contributed by atoms with E-state index in [0.717, 1.165) is 9.37 Å². The number of nitrogens with two attached hydrogens (primary N) is 1. The van der Waals surface area contributed by atoms with Crippen LogP contribution in [0.2, 0.25) is 0 Å². The summed E-state index contributed by atoms with van der Waals surface area (Å²) in [5, 5.41) is 2.62. The molecule has 2 rings (SSSR count). The number of halogens is 1. The van der Waals surface area contributed by atoms with Gasteiger partial charge in [0.1, 0.15) is 6.04 Å². The molecule has 6 nitrogen and oxygen atoms in total. The number of amides is 3. The Labute approximate surface area is 124 Å². The quantitative estimate of drug-likeness (QED) is 0.618. The van der Waals surface area contributed by atoms with Crippen LogP contribution in [-0.2, 0) is 9.59 Å². The van der Waals surface area contributed by atoms with E-state index in [1.807, 2.05) is 0 Å². The van der Waals surface area contributed by atoms with Crippen LogP contribution in [0.25, 0.3) is 0 Å². The highest BCUT2D eigenvalue weighted by Crippen LogP contribution is 2.19. The zero-order valence-electron chi connectivity index (χ0n) is 10.9. The predicted octanol–water partition coefficient (Wildman–Crippen LogP) is 0.908. The summed E-state index contributed by atoms with van der Waals surface area (Å²) in [6, 6.07) is 4.21. The van der Waals surface area contributed by atoms with E-state index in [9.17, 15) is 14.4 Å². The Morgan fingerprint density at radius 3 is 2.80 bits per heavy atom. The van der Waals surface area contributed by atoms with E-state index in [1.54, 1.807) is 18.2 Å². The number of nitrogens with zero attached hydrogens (tertiary/aromatic N) is 1. The summed E-state index contributed by atoms with van der Waals surface area (Å²) in [5.74, 6) is -1.05. The van der Waals surface area contributed by atoms with E-state index in [1.165, 1.54) is 7.05 Å². The van der Waals surface area contributed by atoms with E-state index < -0.39 is 17.9 Å². The third-order valence-electron chi connectivity index (χ3n) is 3.21. The van der Waals surface area contributed by atoms with Crippen LogP contribution in [0.15, 0.2) is 22.7 Å². The number of carbonyl (C=O) groups is 3. The maximum Gasteiger partial charge on any atom is 0.254 e. The fourth-order valence-corrected chi connectivity index (χ4v) is 2.40. The van der Waals surface area contributed by atoms with Crippen molar-refractivity contribution >= 4 is 39.3 Å². The van der Waals surface area contributed by atoms with Crippen molar-refractivity contribution in [2.45, 2.75) is 18.9 Å². The van der Waals surface area contributed by atoms with Gasteiger partial charge in [-0.05, 0) is 24.6 Å². The molecule has 3 amide bonds. The molecule has 1 aromatic rings. The summed E-state index contributed by atoms with van der Waals surface area (Å²) >= 11 is 3.26. The van der Waals surface area contributed by atoms with Gasteiger partial charge in [0.25, 0.3) is 11.8 Å². The highest BCUT2D eigenvalue weighted by Gasteiger charge is 2.33. The highest BCUT2D eigenvalue weighted by molar-refractivity contribution is 9.10. The second-order valence-electron chi connectivity index (χ2n) is 4.59. The Hall–Kier alpha value is -1.89. The normalized spacial score (nSPS) is 19.1. The van der Waals surface area contributed by atoms with Gasteiger partial charge in [0.2, 0.25) is 5.91 Å². The topological polar surface area (TPSA) is 92.5 Å². The Balaban J connectivity index is 2.12. The first kappa shape index (κ1) is 14.5. The summed E-state index contributed by atoms with van der Waals surface area (Å²) in [6.45, 7) is 0. The van der Waals surface area contributed by atoms with Crippen molar-refractivity contribution in [2.24, 2.45) is 0 Å². The van der Waals surface area contributed by atoms with Gasteiger partial charge in [-0.3, -0.25) is 19.3 Å². The van der Waals surface area contributed by atoms with Gasteiger partial charge in [-0.25, -0.2) is 0 Å². The molecule has 1 fully saturated rings. The number of imide groups is 1. The summed E-state index contributed by atoms with van der Waals surface area (Å²) in [6.07, 6.45) is 0.549. The Kier molecular flexibility index (Phi) is 4.08. The maximum absolute atomic E-state index is 12.1. The van der Waals surface area contributed by atoms with Crippen LogP contribution in [0.5, 0.6) is 0 Å². The fraction of sp³-hybridized carbons (Fsp3) is 0.308. The second kappa shape index (κ2) is 5.62. The molecule has 1 aliphatic rings. The predicted molar refractivity (Wildman–Crippen MR) is 76.8 cm³/mol. The van der Waals surface area contributed by atoms with E-state index >= 15 is 0 Å². The number of hydrogen-bond donors (Lipinski definition) is 2. The number of piperidine rings is 1. The molecule has 1 saturated heterocycles. The molecule has 1 heterocycles. The number of carbonyl (C=O) groups excluding carboxylic acids is 3. The molecule has 0 aliphatic carbocycles. The van der Waals surface area contributed by atoms with Gasteiger partial charge in [-0.1, -0.05) is 15.9 Å². The molecule has 0 spiro atoms. The van der Waals surface area contributed by atoms with Gasteiger partial charge in [0.15, 0.2) is 0 Å². The van der Waals surface area contributed by atoms with Gasteiger partial charge >= 0.3 is 0 Å². The lowest BCUT2D eigenvalue weighted by Gasteiger charge is -2.28. The van der Waals surface area contributed by atoms with Crippen molar-refractivity contribution in [3.63, 3.8) is 0 Å². The molecule has 1 unspecified atom stereocenters. The van der Waals surface area contributed by atoms with Crippen molar-refractivity contribution in [3.8, 4) is 0 Å². The number of likely N-dealkylation sites (N-methyl/N-ethyl adjacent to an activating group) is 1. The molecule has 1 aliphatic heterocycles. The SMILES string of the molecule is CN1C(=O)CCC(NC(=O)c2ccc(Br)cc2N)C1=O. The number of likely N-dealkylation sites (tertiary alicyclic amines) is 1. The van der Waals surface area contributed by atoms with Crippen LogP contribution in [0.1, 0.15) is 23.2 Å². The monoisotopic (exact) mass is 339 g/mol. The number of benzene rings is 1. The number of nitrogen functional groups attached to an aromatic ring is 1. The molecule has 0 bridgehead atoms. The third-order valence-corrected chi connectivity index (χ3v) is 3.71. The van der Waals surface area contributed by atoms with Gasteiger partial charge < -0.3 is 11.1 Å². The Morgan fingerprint density at radius 2 is 2.15 bits per heavy atom. The number of hydrogen-bond acceptors (Lipinski definition) is 4. The Bertz CT molecular complexity index is 588. The zero-order valence-corrected chi connectivity index (χ0v) is 12.4. The van der Waals surface area contributed by atoms with Crippen LogP contribution in [0.4, 0.5) is 5.69 Å². The first-order valence-corrected chi connectivity index (χ1v) is 6.85. The fourth-order valence-electron chi connectivity index (χ4n) is 2.03. The molecular weight excluding hydrogens is 326 g/mol. The first-order valence-electron chi connectivity index (χ1n) is 6.06. The van der Waals surface area contributed by atoms with Crippen LogP contribution in [0.3, 0.4) is 0 Å². The summed E-state index contributed by atoms with van der Waals surface area (Å²) in [5.41, 5.74) is 6.40. The average molecular weight is 340 g/mol. The van der Waals surface area contributed by atoms with Crippen LogP contribution >= 0.6 is 15.9 Å². The lowest BCUT2D eigenvalue weighted by molar-refractivity contribution is -0.147. The molecule has 1 aromatic carbocycles. The minimum atomic E-state index is -0.687. The minimum absolute atomic E-state index is 0.233. The molecule has 1 atom stereocenters. The number of rotatable bonds is 2. The van der Waals surface area contributed by atoms with E-state index in [4.69, 9.17) is 5.73 Å². The maximum atomic E-state index is 12.1. The van der Waals surface area contributed by atoms with E-state index in [0.29, 0.717) is 17.7 Å². The molecule has 0 radical (unpaired) electrons. The average Bonchev–Trinajstić information content (AvgIpc) is 2.39. The second-order valence-corrected chi connectivity index (χ2v) is 5.50. The van der Waals surface area contributed by atoms with Gasteiger partial charge in [-0.2, -0.15) is 0 Å². The third kappa shape index (κ3) is 2.82. The lowest BCUT2D eigenvalue weighted by atomic mass is 10.0. The van der Waals surface area contributed by atoms with E-state index in [-0.39, 0.29) is 12.3 Å². The van der Waals surface area contributed by atoms with Crippen molar-refractivity contribution in [1.82, 2.24) is 10.2 Å². The molecule has 20 heavy (non-hydrogen) atoms. The summed E-state index contributed by atoms with van der Waals surface area (Å²) < 4.78 is 0.769. The van der Waals surface area contributed by atoms with Gasteiger partial charge in [-0.15, -0.1) is 0 Å². The smallest absolute Gasteiger partial charge is 0.254 e. The van der Waals surface area contributed by atoms with Gasteiger partial charge in [0.05, 0.1) is 5.56 Å². The lowest BCUT2D eigenvalue weighted by Crippen LogP contribution is -2.52.